The molecular formula is C12H12Cl3NO4S. The topological polar surface area (TPSA) is 63.7 Å². The monoisotopic (exact) mass is 371 g/mol. The Labute approximate surface area is 137 Å². The molecule has 2 rings (SSSR count). The van der Waals surface area contributed by atoms with E-state index in [0.717, 1.165) is 0 Å². The van der Waals surface area contributed by atoms with Gasteiger partial charge in [0.1, 0.15) is 5.75 Å². The van der Waals surface area contributed by atoms with E-state index < -0.39 is 9.05 Å². The minimum atomic E-state index is -3.65. The van der Waals surface area contributed by atoms with Crippen molar-refractivity contribution in [1.29, 1.82) is 0 Å². The highest BCUT2D eigenvalue weighted by molar-refractivity contribution is 8.13. The van der Waals surface area contributed by atoms with Crippen molar-refractivity contribution in [2.75, 3.05) is 24.3 Å². The summed E-state index contributed by atoms with van der Waals surface area (Å²) < 4.78 is 27.3. The lowest BCUT2D eigenvalue weighted by molar-refractivity contribution is -0.117. The summed E-state index contributed by atoms with van der Waals surface area (Å²) in [5.74, 6) is -0.444. The second kappa shape index (κ2) is 6.20. The van der Waals surface area contributed by atoms with Gasteiger partial charge in [-0.1, -0.05) is 23.2 Å². The van der Waals surface area contributed by atoms with Gasteiger partial charge in [-0.3, -0.25) is 4.79 Å². The maximum absolute atomic E-state index is 12.1. The van der Waals surface area contributed by atoms with Gasteiger partial charge >= 0.3 is 0 Å². The fraction of sp³-hybridized carbons (Fsp3) is 0.417. The third kappa shape index (κ3) is 3.94. The van der Waals surface area contributed by atoms with Gasteiger partial charge in [0.2, 0.25) is 15.0 Å². The van der Waals surface area contributed by atoms with Gasteiger partial charge in [0.05, 0.1) is 28.6 Å². The second-order valence-corrected chi connectivity index (χ2v) is 8.35. The first-order valence-electron chi connectivity index (χ1n) is 5.97. The molecule has 1 aliphatic rings. The zero-order valence-corrected chi connectivity index (χ0v) is 14.1. The normalized spacial score (nSPS) is 19.1. The van der Waals surface area contributed by atoms with E-state index in [2.05, 4.69) is 0 Å². The van der Waals surface area contributed by atoms with Crippen molar-refractivity contribution in [3.63, 3.8) is 0 Å². The van der Waals surface area contributed by atoms with E-state index >= 15 is 0 Å². The minimum Gasteiger partial charge on any atom is -0.495 e. The number of benzene rings is 1. The van der Waals surface area contributed by atoms with E-state index in [-0.39, 0.29) is 30.5 Å². The van der Waals surface area contributed by atoms with Crippen LogP contribution in [0.4, 0.5) is 5.69 Å². The fourth-order valence-electron chi connectivity index (χ4n) is 2.29. The molecule has 1 unspecified atom stereocenters. The second-order valence-electron chi connectivity index (χ2n) is 4.72. The van der Waals surface area contributed by atoms with Gasteiger partial charge in [-0.25, -0.2) is 8.42 Å². The summed E-state index contributed by atoms with van der Waals surface area (Å²) in [6, 6.07) is 3.04. The Kier molecular flexibility index (Phi) is 4.92. The zero-order chi connectivity index (χ0) is 15.8. The summed E-state index contributed by atoms with van der Waals surface area (Å²) in [6.45, 7) is 0.231. The van der Waals surface area contributed by atoms with Crippen molar-refractivity contribution < 1.29 is 17.9 Å². The SMILES string of the molecule is COc1cc(N2CC(CS(=O)(=O)Cl)CC2=O)c(Cl)cc1Cl. The van der Waals surface area contributed by atoms with E-state index in [0.29, 0.717) is 21.5 Å². The summed E-state index contributed by atoms with van der Waals surface area (Å²) >= 11 is 12.1. The maximum atomic E-state index is 12.1. The highest BCUT2D eigenvalue weighted by Crippen LogP contribution is 2.38. The Morgan fingerprint density at radius 3 is 2.57 bits per heavy atom. The van der Waals surface area contributed by atoms with Crippen LogP contribution in [0.3, 0.4) is 0 Å². The molecule has 1 heterocycles. The first kappa shape index (κ1) is 16.7. The molecule has 0 aromatic heterocycles. The van der Waals surface area contributed by atoms with Gasteiger partial charge in [-0.15, -0.1) is 0 Å². The Morgan fingerprint density at radius 2 is 2.00 bits per heavy atom. The molecule has 0 saturated carbocycles. The molecule has 1 aromatic carbocycles. The van der Waals surface area contributed by atoms with Crippen LogP contribution in [0.1, 0.15) is 6.42 Å². The molecule has 0 spiro atoms. The number of halogens is 3. The largest absolute Gasteiger partial charge is 0.495 e. The van der Waals surface area contributed by atoms with Crippen LogP contribution in [0.2, 0.25) is 10.0 Å². The number of amides is 1. The molecule has 0 bridgehead atoms. The average Bonchev–Trinajstić information content (AvgIpc) is 2.68. The van der Waals surface area contributed by atoms with E-state index in [1.165, 1.54) is 18.1 Å². The Balaban J connectivity index is 2.29. The highest BCUT2D eigenvalue weighted by Gasteiger charge is 2.34. The Morgan fingerprint density at radius 1 is 1.33 bits per heavy atom. The lowest BCUT2D eigenvalue weighted by atomic mass is 10.1. The summed E-state index contributed by atoms with van der Waals surface area (Å²) in [4.78, 5) is 13.5. The summed E-state index contributed by atoms with van der Waals surface area (Å²) in [6.07, 6.45) is 0.104. The first-order valence-corrected chi connectivity index (χ1v) is 9.20. The van der Waals surface area contributed by atoms with Crippen molar-refractivity contribution in [3.05, 3.63) is 22.2 Å². The molecule has 21 heavy (non-hydrogen) atoms. The van der Waals surface area contributed by atoms with Crippen molar-refractivity contribution in [1.82, 2.24) is 0 Å². The average molecular weight is 373 g/mol. The number of rotatable bonds is 4. The number of carbonyl (C=O) groups excluding carboxylic acids is 1. The molecule has 1 aliphatic heterocycles. The van der Waals surface area contributed by atoms with Gasteiger partial charge < -0.3 is 9.64 Å². The van der Waals surface area contributed by atoms with E-state index in [4.69, 9.17) is 38.6 Å². The number of anilines is 1. The smallest absolute Gasteiger partial charge is 0.232 e. The standard InChI is InChI=1S/C12H12Cl3NO4S/c1-20-11-4-10(8(13)3-9(11)14)16-5-7(2-12(16)17)6-21(15,18)19/h3-4,7H,2,5-6H2,1H3. The van der Waals surface area contributed by atoms with Gasteiger partial charge in [-0.05, 0) is 6.07 Å². The molecule has 0 radical (unpaired) electrons. The van der Waals surface area contributed by atoms with Crippen molar-refractivity contribution in [2.45, 2.75) is 6.42 Å². The molecule has 5 nitrogen and oxygen atoms in total. The molecule has 1 amide bonds. The molecule has 0 aliphatic carbocycles. The molecule has 0 N–H and O–H groups in total. The molecule has 1 aromatic rings. The number of hydrogen-bond acceptors (Lipinski definition) is 4. The van der Waals surface area contributed by atoms with Crippen LogP contribution >= 0.6 is 33.9 Å². The predicted octanol–water partition coefficient (Wildman–Crippen LogP) is 2.92. The molecule has 1 saturated heterocycles. The van der Waals surface area contributed by atoms with Crippen LogP contribution < -0.4 is 9.64 Å². The van der Waals surface area contributed by atoms with Crippen LogP contribution in [0, 0.1) is 5.92 Å². The molecule has 116 valence electrons. The number of methoxy groups -OCH3 is 1. The van der Waals surface area contributed by atoms with Crippen LogP contribution in [0.5, 0.6) is 5.75 Å². The zero-order valence-electron chi connectivity index (χ0n) is 11.0. The molecule has 9 heteroatoms. The molecule has 1 atom stereocenters. The van der Waals surface area contributed by atoms with Crippen molar-refractivity contribution in [3.8, 4) is 5.75 Å². The minimum absolute atomic E-state index is 0.104. The number of carbonyl (C=O) groups is 1. The van der Waals surface area contributed by atoms with E-state index in [1.807, 2.05) is 0 Å². The third-order valence-electron chi connectivity index (χ3n) is 3.15. The molecular weight excluding hydrogens is 361 g/mol. The van der Waals surface area contributed by atoms with E-state index in [1.54, 1.807) is 6.07 Å². The lowest BCUT2D eigenvalue weighted by Gasteiger charge is -2.19. The summed E-state index contributed by atoms with van der Waals surface area (Å²) in [5.41, 5.74) is 0.442. The van der Waals surface area contributed by atoms with Crippen molar-refractivity contribution in [2.24, 2.45) is 5.92 Å². The summed E-state index contributed by atoms with van der Waals surface area (Å²) in [7, 11) is 3.03. The summed E-state index contributed by atoms with van der Waals surface area (Å²) in [5, 5.41) is 0.626. The van der Waals surface area contributed by atoms with Gasteiger partial charge in [0.15, 0.2) is 0 Å². The quantitative estimate of drug-likeness (QED) is 0.762. The Bertz CT molecular complexity index is 677. The number of hydrogen-bond donors (Lipinski definition) is 0. The number of nitrogens with zero attached hydrogens (tertiary/aromatic N) is 1. The van der Waals surface area contributed by atoms with Crippen LogP contribution in [0.25, 0.3) is 0 Å². The lowest BCUT2D eigenvalue weighted by Crippen LogP contribution is -2.25. The van der Waals surface area contributed by atoms with E-state index in [9.17, 15) is 13.2 Å². The highest BCUT2D eigenvalue weighted by atomic mass is 35.7. The Hall–Kier alpha value is -0.690. The van der Waals surface area contributed by atoms with Gasteiger partial charge in [0.25, 0.3) is 0 Å². The fourth-order valence-corrected chi connectivity index (χ4v) is 4.17. The first-order chi connectivity index (χ1) is 9.71. The third-order valence-corrected chi connectivity index (χ3v) is 5.00. The van der Waals surface area contributed by atoms with Gasteiger partial charge in [0, 0.05) is 35.6 Å². The van der Waals surface area contributed by atoms with Crippen LogP contribution in [-0.2, 0) is 13.8 Å². The molecule has 1 fully saturated rings. The van der Waals surface area contributed by atoms with Crippen LogP contribution in [0.15, 0.2) is 12.1 Å². The van der Waals surface area contributed by atoms with Crippen LogP contribution in [-0.4, -0.2) is 33.7 Å². The van der Waals surface area contributed by atoms with Gasteiger partial charge in [-0.2, -0.15) is 0 Å². The van der Waals surface area contributed by atoms with Crippen molar-refractivity contribution >= 4 is 54.5 Å². The predicted molar refractivity (Wildman–Crippen MR) is 83.1 cm³/mol. The maximum Gasteiger partial charge on any atom is 0.232 e. The number of ether oxygens (including phenoxy) is 1.